The van der Waals surface area contributed by atoms with Crippen molar-refractivity contribution in [2.75, 3.05) is 0 Å². The van der Waals surface area contributed by atoms with Gasteiger partial charge in [0.25, 0.3) is 0 Å². The Bertz CT molecular complexity index is 499. The molecule has 1 aromatic carbocycles. The molecule has 0 spiro atoms. The maximum Gasteiger partial charge on any atom is 0.0505 e. The highest BCUT2D eigenvalue weighted by Gasteiger charge is 2.25. The minimum Gasteiger partial charge on any atom is -0.343 e. The molecule has 72 valence electrons. The average molecular weight is 362 g/mol. The highest BCUT2D eigenvalue weighted by molar-refractivity contribution is 14.1. The first kappa shape index (κ1) is 9.21. The third-order valence-electron chi connectivity index (χ3n) is 2.69. The maximum atomic E-state index is 3.53. The molecule has 1 nitrogen and oxygen atoms in total. The highest BCUT2D eigenvalue weighted by atomic mass is 127. The summed E-state index contributed by atoms with van der Waals surface area (Å²) in [4.78, 5) is 0. The van der Waals surface area contributed by atoms with Crippen LogP contribution in [-0.2, 0) is 0 Å². The van der Waals surface area contributed by atoms with Gasteiger partial charge in [-0.25, -0.2) is 0 Å². The molecule has 1 aliphatic rings. The van der Waals surface area contributed by atoms with Crippen molar-refractivity contribution in [2.45, 2.75) is 18.9 Å². The second-order valence-corrected chi connectivity index (χ2v) is 5.85. The fourth-order valence-electron chi connectivity index (χ4n) is 1.84. The predicted octanol–water partition coefficient (Wildman–Crippen LogP) is 4.34. The van der Waals surface area contributed by atoms with Crippen LogP contribution in [0.2, 0.25) is 0 Å². The second-order valence-electron chi connectivity index (χ2n) is 3.78. The van der Waals surface area contributed by atoms with Crippen molar-refractivity contribution in [3.63, 3.8) is 0 Å². The first-order chi connectivity index (χ1) is 6.75. The van der Waals surface area contributed by atoms with Gasteiger partial charge < -0.3 is 4.57 Å². The number of aromatic nitrogens is 1. The van der Waals surface area contributed by atoms with E-state index in [9.17, 15) is 0 Å². The lowest BCUT2D eigenvalue weighted by atomic mass is 10.2. The molecule has 1 heterocycles. The molecule has 0 unspecified atom stereocenters. The Morgan fingerprint density at radius 2 is 2.14 bits per heavy atom. The first-order valence-corrected chi connectivity index (χ1v) is 6.58. The van der Waals surface area contributed by atoms with Crippen molar-refractivity contribution in [3.05, 3.63) is 32.4 Å². The molecule has 0 radical (unpaired) electrons. The van der Waals surface area contributed by atoms with E-state index >= 15 is 0 Å². The van der Waals surface area contributed by atoms with Crippen LogP contribution in [0.15, 0.2) is 28.9 Å². The Morgan fingerprint density at radius 3 is 2.86 bits per heavy atom. The quantitative estimate of drug-likeness (QED) is 0.666. The summed E-state index contributed by atoms with van der Waals surface area (Å²) in [5, 5.41) is 1.38. The van der Waals surface area contributed by atoms with Gasteiger partial charge in [-0.05, 0) is 47.6 Å². The van der Waals surface area contributed by atoms with E-state index in [-0.39, 0.29) is 0 Å². The van der Waals surface area contributed by atoms with Crippen LogP contribution in [-0.4, -0.2) is 4.57 Å². The van der Waals surface area contributed by atoms with Gasteiger partial charge in [0.1, 0.15) is 0 Å². The number of fused-ring (bicyclic) bond motifs is 1. The van der Waals surface area contributed by atoms with E-state index in [1.807, 2.05) is 0 Å². The Balaban J connectivity index is 2.33. The fourth-order valence-corrected chi connectivity index (χ4v) is 2.94. The summed E-state index contributed by atoms with van der Waals surface area (Å²) in [6.45, 7) is 0. The van der Waals surface area contributed by atoms with E-state index in [1.54, 1.807) is 0 Å². The highest BCUT2D eigenvalue weighted by Crippen LogP contribution is 2.39. The van der Waals surface area contributed by atoms with Crippen LogP contribution in [0.25, 0.3) is 10.9 Å². The van der Waals surface area contributed by atoms with E-state index in [0.717, 1.165) is 6.04 Å². The molecule has 14 heavy (non-hydrogen) atoms. The van der Waals surface area contributed by atoms with Crippen molar-refractivity contribution in [3.8, 4) is 0 Å². The summed E-state index contributed by atoms with van der Waals surface area (Å²) in [5.74, 6) is 0. The molecule has 0 bridgehead atoms. The van der Waals surface area contributed by atoms with Gasteiger partial charge in [0, 0.05) is 25.7 Å². The lowest BCUT2D eigenvalue weighted by Gasteiger charge is -2.01. The molecule has 2 aromatic rings. The van der Waals surface area contributed by atoms with E-state index in [2.05, 4.69) is 67.5 Å². The minimum atomic E-state index is 0.760. The summed E-state index contributed by atoms with van der Waals surface area (Å²) in [6.07, 6.45) is 4.95. The summed E-state index contributed by atoms with van der Waals surface area (Å²) in [5.41, 5.74) is 1.37. The molecule has 3 rings (SSSR count). The molecule has 1 saturated carbocycles. The smallest absolute Gasteiger partial charge is 0.0505 e. The molecule has 0 aliphatic heterocycles. The third kappa shape index (κ3) is 1.41. The lowest BCUT2D eigenvalue weighted by molar-refractivity contribution is 0.774. The van der Waals surface area contributed by atoms with Gasteiger partial charge in [0.15, 0.2) is 0 Å². The van der Waals surface area contributed by atoms with Crippen LogP contribution in [0.5, 0.6) is 0 Å². The number of rotatable bonds is 1. The van der Waals surface area contributed by atoms with Gasteiger partial charge in [-0.2, -0.15) is 0 Å². The van der Waals surface area contributed by atoms with E-state index in [0.29, 0.717) is 0 Å². The van der Waals surface area contributed by atoms with Crippen molar-refractivity contribution in [2.24, 2.45) is 0 Å². The number of nitrogens with zero attached hydrogens (tertiary/aromatic N) is 1. The Hall–Kier alpha value is -0.0300. The third-order valence-corrected chi connectivity index (χ3v) is 4.04. The molecule has 1 aromatic heterocycles. The predicted molar refractivity (Wildman–Crippen MR) is 70.6 cm³/mol. The zero-order valence-electron chi connectivity index (χ0n) is 7.50. The second kappa shape index (κ2) is 3.23. The van der Waals surface area contributed by atoms with Crippen LogP contribution in [0.4, 0.5) is 0 Å². The molecular weight excluding hydrogens is 353 g/mol. The lowest BCUT2D eigenvalue weighted by Crippen LogP contribution is -1.89. The number of halogens is 2. The van der Waals surface area contributed by atoms with E-state index < -0.39 is 0 Å². The average Bonchev–Trinajstić information content (AvgIpc) is 2.93. The molecule has 0 saturated heterocycles. The maximum absolute atomic E-state index is 3.53. The molecule has 0 amide bonds. The number of benzene rings is 1. The van der Waals surface area contributed by atoms with E-state index in [4.69, 9.17) is 0 Å². The van der Waals surface area contributed by atoms with Crippen LogP contribution in [0.3, 0.4) is 0 Å². The number of hydrogen-bond acceptors (Lipinski definition) is 0. The van der Waals surface area contributed by atoms with Gasteiger partial charge in [-0.1, -0.05) is 22.0 Å². The van der Waals surface area contributed by atoms with Crippen LogP contribution < -0.4 is 0 Å². The molecule has 1 aliphatic carbocycles. The Morgan fingerprint density at radius 1 is 1.36 bits per heavy atom. The van der Waals surface area contributed by atoms with E-state index in [1.165, 1.54) is 31.8 Å². The molecular formula is C11H9BrIN. The minimum absolute atomic E-state index is 0.760. The van der Waals surface area contributed by atoms with Crippen molar-refractivity contribution >= 4 is 49.4 Å². The zero-order valence-corrected chi connectivity index (χ0v) is 11.2. The van der Waals surface area contributed by atoms with Gasteiger partial charge in [-0.3, -0.25) is 0 Å². The van der Waals surface area contributed by atoms with Gasteiger partial charge >= 0.3 is 0 Å². The summed E-state index contributed by atoms with van der Waals surface area (Å²) in [7, 11) is 0. The van der Waals surface area contributed by atoms with Crippen LogP contribution in [0, 0.1) is 3.57 Å². The van der Waals surface area contributed by atoms with Crippen molar-refractivity contribution < 1.29 is 0 Å². The van der Waals surface area contributed by atoms with Crippen molar-refractivity contribution in [1.82, 2.24) is 4.57 Å². The monoisotopic (exact) mass is 361 g/mol. The summed E-state index contributed by atoms with van der Waals surface area (Å²) in [6, 6.07) is 7.28. The topological polar surface area (TPSA) is 4.93 Å². The SMILES string of the molecule is Brc1ccc2c(I)cn(C3CC3)c2c1. The van der Waals surface area contributed by atoms with Crippen LogP contribution >= 0.6 is 38.5 Å². The molecule has 0 atom stereocenters. The molecule has 1 fully saturated rings. The summed E-state index contributed by atoms with van der Waals surface area (Å²) < 4.78 is 4.94. The summed E-state index contributed by atoms with van der Waals surface area (Å²) >= 11 is 5.95. The first-order valence-electron chi connectivity index (χ1n) is 4.71. The van der Waals surface area contributed by atoms with Gasteiger partial charge in [-0.15, -0.1) is 0 Å². The van der Waals surface area contributed by atoms with Crippen LogP contribution in [0.1, 0.15) is 18.9 Å². The van der Waals surface area contributed by atoms with Gasteiger partial charge in [0.05, 0.1) is 5.52 Å². The molecule has 0 N–H and O–H groups in total. The fraction of sp³-hybridized carbons (Fsp3) is 0.273. The molecule has 3 heteroatoms. The Kier molecular flexibility index (Phi) is 2.13. The normalized spacial score (nSPS) is 16.4. The standard InChI is InChI=1S/C11H9BrIN/c12-7-1-4-9-10(13)6-14(8-2-3-8)11(9)5-7/h1,4-6,8H,2-3H2. The zero-order chi connectivity index (χ0) is 9.71. The Labute approximate surface area is 105 Å². The largest absolute Gasteiger partial charge is 0.343 e. The van der Waals surface area contributed by atoms with Crippen molar-refractivity contribution in [1.29, 1.82) is 0 Å². The number of hydrogen-bond donors (Lipinski definition) is 0. The van der Waals surface area contributed by atoms with Gasteiger partial charge in [0.2, 0.25) is 0 Å².